The van der Waals surface area contributed by atoms with E-state index in [2.05, 4.69) is 10.3 Å². The third-order valence-corrected chi connectivity index (χ3v) is 7.16. The van der Waals surface area contributed by atoms with Crippen LogP contribution < -0.4 is 20.5 Å². The lowest BCUT2D eigenvalue weighted by atomic mass is 9.97. The van der Waals surface area contributed by atoms with E-state index in [1.54, 1.807) is 7.11 Å². The fraction of sp³-hybridized carbons (Fsp3) is 0.269. The number of methoxy groups -OCH3 is 1. The maximum Gasteiger partial charge on any atom is 0.270 e. The highest BCUT2D eigenvalue weighted by Crippen LogP contribution is 2.33. The van der Waals surface area contributed by atoms with E-state index < -0.39 is 0 Å². The Morgan fingerprint density at radius 1 is 1.24 bits per heavy atom. The summed E-state index contributed by atoms with van der Waals surface area (Å²) in [5, 5.41) is 5.01. The predicted octanol–water partition coefficient (Wildman–Crippen LogP) is 4.19. The van der Waals surface area contributed by atoms with E-state index >= 15 is 0 Å². The van der Waals surface area contributed by atoms with Gasteiger partial charge in [-0.3, -0.25) is 14.6 Å². The minimum Gasteiger partial charge on any atom is -0.497 e. The summed E-state index contributed by atoms with van der Waals surface area (Å²) >= 11 is 1.38. The number of aromatic nitrogens is 2. The quantitative estimate of drug-likeness (QED) is 0.438. The molecular weight excluding hydrogens is 448 g/mol. The van der Waals surface area contributed by atoms with Crippen LogP contribution in [0.4, 0.5) is 5.95 Å². The number of thiophene rings is 1. The number of carbonyl (C=O) groups is 1. The standard InChI is InChI=1S/C26H26N4O3S/c1-33-20-11-5-9-18(13-20)21-16-34-23-22(21)28-26(29-25(23)32)30-12-6-10-19(15-30)24(31)27-14-17-7-3-2-4-8-17/h2-5,7-9,11,13,16,19H,6,10,12,14-15H2,1H3,(H,27,31)(H,28,29,32)/t19-/m1/s1. The normalized spacial score (nSPS) is 15.9. The molecule has 174 valence electrons. The van der Waals surface area contributed by atoms with E-state index in [9.17, 15) is 9.59 Å². The molecule has 0 aliphatic carbocycles. The van der Waals surface area contributed by atoms with Crippen LogP contribution >= 0.6 is 11.3 Å². The van der Waals surface area contributed by atoms with Gasteiger partial charge in [0.15, 0.2) is 0 Å². The first-order valence-corrected chi connectivity index (χ1v) is 12.2. The molecule has 7 nitrogen and oxygen atoms in total. The Labute approximate surface area is 201 Å². The molecule has 1 aliphatic rings. The molecule has 0 radical (unpaired) electrons. The van der Waals surface area contributed by atoms with Crippen molar-refractivity contribution in [2.45, 2.75) is 19.4 Å². The van der Waals surface area contributed by atoms with Crippen molar-refractivity contribution in [1.29, 1.82) is 0 Å². The molecule has 1 atom stereocenters. The summed E-state index contributed by atoms with van der Waals surface area (Å²) in [6, 6.07) is 17.6. The van der Waals surface area contributed by atoms with Crippen molar-refractivity contribution in [3.63, 3.8) is 0 Å². The van der Waals surface area contributed by atoms with Gasteiger partial charge >= 0.3 is 0 Å². The lowest BCUT2D eigenvalue weighted by molar-refractivity contribution is -0.125. The van der Waals surface area contributed by atoms with Gasteiger partial charge in [-0.1, -0.05) is 42.5 Å². The first-order valence-electron chi connectivity index (χ1n) is 11.3. The average Bonchev–Trinajstić information content (AvgIpc) is 3.33. The highest BCUT2D eigenvalue weighted by atomic mass is 32.1. The largest absolute Gasteiger partial charge is 0.497 e. The number of aromatic amines is 1. The highest BCUT2D eigenvalue weighted by Gasteiger charge is 2.27. The summed E-state index contributed by atoms with van der Waals surface area (Å²) in [5.74, 6) is 1.14. The number of hydrogen-bond acceptors (Lipinski definition) is 6. The number of H-pyrrole nitrogens is 1. The van der Waals surface area contributed by atoms with Gasteiger partial charge < -0.3 is 15.0 Å². The molecule has 3 heterocycles. The highest BCUT2D eigenvalue weighted by molar-refractivity contribution is 7.17. The lowest BCUT2D eigenvalue weighted by Gasteiger charge is -2.32. The smallest absolute Gasteiger partial charge is 0.270 e. The van der Waals surface area contributed by atoms with Crippen molar-refractivity contribution in [1.82, 2.24) is 15.3 Å². The monoisotopic (exact) mass is 474 g/mol. The van der Waals surface area contributed by atoms with Gasteiger partial charge in [-0.15, -0.1) is 11.3 Å². The molecule has 8 heteroatoms. The van der Waals surface area contributed by atoms with Crippen molar-refractivity contribution >= 4 is 33.4 Å². The SMILES string of the molecule is COc1cccc(-c2csc3c(=O)[nH]c(N4CCC[C@@H](C(=O)NCc5ccccc5)C4)nc23)c1. The van der Waals surface area contributed by atoms with Crippen LogP contribution in [0.1, 0.15) is 18.4 Å². The number of amides is 1. The number of hydrogen-bond donors (Lipinski definition) is 2. The van der Waals surface area contributed by atoms with Gasteiger partial charge in [0.25, 0.3) is 5.56 Å². The van der Waals surface area contributed by atoms with Crippen molar-refractivity contribution in [2.24, 2.45) is 5.92 Å². The summed E-state index contributed by atoms with van der Waals surface area (Å²) in [6.45, 7) is 1.78. The van der Waals surface area contributed by atoms with Crippen LogP contribution in [0.2, 0.25) is 0 Å². The molecule has 1 amide bonds. The summed E-state index contributed by atoms with van der Waals surface area (Å²) in [5.41, 5.74) is 3.44. The van der Waals surface area contributed by atoms with Crippen molar-refractivity contribution < 1.29 is 9.53 Å². The first-order chi connectivity index (χ1) is 16.6. The number of piperidine rings is 1. The summed E-state index contributed by atoms with van der Waals surface area (Å²) in [6.07, 6.45) is 1.68. The van der Waals surface area contributed by atoms with Crippen LogP contribution in [-0.4, -0.2) is 36.1 Å². The molecule has 0 bridgehead atoms. The number of nitrogens with one attached hydrogen (secondary N) is 2. The Morgan fingerprint density at radius 2 is 2.09 bits per heavy atom. The Morgan fingerprint density at radius 3 is 2.91 bits per heavy atom. The third kappa shape index (κ3) is 4.54. The lowest BCUT2D eigenvalue weighted by Crippen LogP contribution is -2.44. The third-order valence-electron chi connectivity index (χ3n) is 6.20. The van der Waals surface area contributed by atoms with Crippen LogP contribution in [0.3, 0.4) is 0 Å². The molecule has 0 spiro atoms. The minimum absolute atomic E-state index is 0.0320. The molecule has 34 heavy (non-hydrogen) atoms. The van der Waals surface area contributed by atoms with Crippen LogP contribution in [0.5, 0.6) is 5.75 Å². The zero-order valence-electron chi connectivity index (χ0n) is 18.9. The Kier molecular flexibility index (Phi) is 6.31. The van der Waals surface area contributed by atoms with Gasteiger partial charge in [-0.2, -0.15) is 0 Å². The van der Waals surface area contributed by atoms with E-state index in [1.807, 2.05) is 64.9 Å². The number of nitrogens with zero attached hydrogens (tertiary/aromatic N) is 2. The topological polar surface area (TPSA) is 87.3 Å². The van der Waals surface area contributed by atoms with Crippen LogP contribution in [0.15, 0.2) is 64.8 Å². The number of carbonyl (C=O) groups excluding carboxylic acids is 1. The molecule has 5 rings (SSSR count). The van der Waals surface area contributed by atoms with Gasteiger partial charge in [-0.25, -0.2) is 4.98 Å². The molecule has 0 unspecified atom stereocenters. The van der Waals surface area contributed by atoms with E-state index in [0.717, 1.165) is 41.8 Å². The van der Waals surface area contributed by atoms with Crippen molar-refractivity contribution in [2.75, 3.05) is 25.1 Å². The van der Waals surface area contributed by atoms with E-state index in [1.165, 1.54) is 11.3 Å². The number of rotatable bonds is 6. The van der Waals surface area contributed by atoms with Crippen LogP contribution in [0, 0.1) is 5.92 Å². The molecule has 2 N–H and O–H groups in total. The fourth-order valence-corrected chi connectivity index (χ4v) is 5.28. The second-order valence-electron chi connectivity index (χ2n) is 8.44. The molecule has 4 aromatic rings. The van der Waals surface area contributed by atoms with Crippen molar-refractivity contribution in [3.8, 4) is 16.9 Å². The van der Waals surface area contributed by atoms with Gasteiger partial charge in [-0.05, 0) is 36.1 Å². The second-order valence-corrected chi connectivity index (χ2v) is 9.32. The van der Waals surface area contributed by atoms with Crippen LogP contribution in [0.25, 0.3) is 21.3 Å². The molecule has 2 aromatic heterocycles. The zero-order valence-corrected chi connectivity index (χ0v) is 19.7. The minimum atomic E-state index is -0.158. The number of anilines is 1. The molecule has 1 aliphatic heterocycles. The van der Waals surface area contributed by atoms with Gasteiger partial charge in [0, 0.05) is 30.6 Å². The molecular formula is C26H26N4O3S. The van der Waals surface area contributed by atoms with E-state index in [4.69, 9.17) is 9.72 Å². The van der Waals surface area contributed by atoms with Gasteiger partial charge in [0.05, 0.1) is 18.5 Å². The number of fused-ring (bicyclic) bond motifs is 1. The Bertz CT molecular complexity index is 1370. The maximum atomic E-state index is 12.9. The van der Waals surface area contributed by atoms with Crippen molar-refractivity contribution in [3.05, 3.63) is 75.9 Å². The average molecular weight is 475 g/mol. The summed E-state index contributed by atoms with van der Waals surface area (Å²) in [7, 11) is 1.63. The first kappa shape index (κ1) is 22.2. The molecule has 1 saturated heterocycles. The fourth-order valence-electron chi connectivity index (χ4n) is 4.37. The number of ether oxygens (including phenoxy) is 1. The van der Waals surface area contributed by atoms with Crippen LogP contribution in [-0.2, 0) is 11.3 Å². The zero-order chi connectivity index (χ0) is 23.5. The molecule has 2 aromatic carbocycles. The maximum absolute atomic E-state index is 12.9. The number of benzene rings is 2. The Balaban J connectivity index is 1.38. The summed E-state index contributed by atoms with van der Waals surface area (Å²) in [4.78, 5) is 35.5. The molecule has 0 saturated carbocycles. The summed E-state index contributed by atoms with van der Waals surface area (Å²) < 4.78 is 5.95. The second kappa shape index (κ2) is 9.69. The van der Waals surface area contributed by atoms with E-state index in [-0.39, 0.29) is 17.4 Å². The van der Waals surface area contributed by atoms with E-state index in [0.29, 0.717) is 29.3 Å². The van der Waals surface area contributed by atoms with Gasteiger partial charge in [0.2, 0.25) is 11.9 Å². The molecule has 1 fully saturated rings. The van der Waals surface area contributed by atoms with Gasteiger partial charge in [0.1, 0.15) is 10.4 Å². The Hall–Kier alpha value is -3.65. The predicted molar refractivity (Wildman–Crippen MR) is 135 cm³/mol.